The zero-order valence-electron chi connectivity index (χ0n) is 10.5. The van der Waals surface area contributed by atoms with E-state index in [-0.39, 0.29) is 12.1 Å². The zero-order chi connectivity index (χ0) is 12.7. The Morgan fingerprint density at radius 3 is 2.47 bits per heavy atom. The van der Waals surface area contributed by atoms with Crippen LogP contribution in [0.2, 0.25) is 0 Å². The monoisotopic (exact) mass is 241 g/mol. The standard InChI is InChI=1S/C13H23NO3/c1-2-11(12(16)17)6-9-14-13(10-15)7-4-3-5-8-13/h6,14-15H,2-5,7-10H2,1H3,(H,16,17). The molecule has 0 unspecified atom stereocenters. The molecule has 0 spiro atoms. The van der Waals surface area contributed by atoms with Crippen LogP contribution in [0.25, 0.3) is 0 Å². The van der Waals surface area contributed by atoms with Crippen molar-refractivity contribution in [1.29, 1.82) is 0 Å². The Morgan fingerprint density at radius 1 is 1.35 bits per heavy atom. The fraction of sp³-hybridized carbons (Fsp3) is 0.769. The average molecular weight is 241 g/mol. The molecule has 0 radical (unpaired) electrons. The second kappa shape index (κ2) is 6.77. The van der Waals surface area contributed by atoms with Crippen LogP contribution in [0.4, 0.5) is 0 Å². The Hall–Kier alpha value is -0.870. The van der Waals surface area contributed by atoms with Crippen LogP contribution in [0.5, 0.6) is 0 Å². The van der Waals surface area contributed by atoms with E-state index in [1.54, 1.807) is 6.08 Å². The first-order valence-corrected chi connectivity index (χ1v) is 6.42. The van der Waals surface area contributed by atoms with Crippen LogP contribution >= 0.6 is 0 Å². The third-order valence-electron chi connectivity index (χ3n) is 3.59. The highest BCUT2D eigenvalue weighted by Gasteiger charge is 2.30. The van der Waals surface area contributed by atoms with Gasteiger partial charge in [0, 0.05) is 17.7 Å². The Balaban J connectivity index is 2.49. The molecule has 4 heteroatoms. The van der Waals surface area contributed by atoms with E-state index in [1.165, 1.54) is 6.42 Å². The van der Waals surface area contributed by atoms with E-state index < -0.39 is 5.97 Å². The van der Waals surface area contributed by atoms with Gasteiger partial charge in [-0.25, -0.2) is 4.79 Å². The summed E-state index contributed by atoms with van der Waals surface area (Å²) in [5.74, 6) is -0.851. The van der Waals surface area contributed by atoms with Crippen LogP contribution in [0.15, 0.2) is 11.6 Å². The predicted molar refractivity (Wildman–Crippen MR) is 66.9 cm³/mol. The molecule has 0 bridgehead atoms. The van der Waals surface area contributed by atoms with Crippen molar-refractivity contribution >= 4 is 5.97 Å². The molecule has 0 amide bonds. The van der Waals surface area contributed by atoms with Crippen molar-refractivity contribution in [2.24, 2.45) is 0 Å². The van der Waals surface area contributed by atoms with Crippen LogP contribution in [0.3, 0.4) is 0 Å². The first-order chi connectivity index (χ1) is 8.13. The van der Waals surface area contributed by atoms with Crippen molar-refractivity contribution in [3.05, 3.63) is 11.6 Å². The maximum absolute atomic E-state index is 10.8. The first-order valence-electron chi connectivity index (χ1n) is 6.42. The van der Waals surface area contributed by atoms with E-state index >= 15 is 0 Å². The second-order valence-electron chi connectivity index (χ2n) is 4.77. The number of carboxylic acid groups (broad SMARTS) is 1. The Kier molecular flexibility index (Phi) is 5.65. The van der Waals surface area contributed by atoms with Crippen molar-refractivity contribution < 1.29 is 15.0 Å². The highest BCUT2D eigenvalue weighted by Crippen LogP contribution is 2.27. The number of nitrogens with one attached hydrogen (secondary N) is 1. The van der Waals surface area contributed by atoms with Gasteiger partial charge in [-0.15, -0.1) is 0 Å². The molecule has 0 atom stereocenters. The number of aliphatic hydroxyl groups excluding tert-OH is 1. The number of hydrogen-bond acceptors (Lipinski definition) is 3. The molecule has 4 nitrogen and oxygen atoms in total. The molecule has 0 heterocycles. The molecule has 0 aromatic carbocycles. The molecule has 1 aliphatic carbocycles. The summed E-state index contributed by atoms with van der Waals surface area (Å²) >= 11 is 0. The highest BCUT2D eigenvalue weighted by atomic mass is 16.4. The van der Waals surface area contributed by atoms with Crippen molar-refractivity contribution in [2.45, 2.75) is 51.0 Å². The second-order valence-corrected chi connectivity index (χ2v) is 4.77. The normalized spacial score (nSPS) is 20.2. The summed E-state index contributed by atoms with van der Waals surface area (Å²) in [7, 11) is 0. The molecule has 1 rings (SSSR count). The van der Waals surface area contributed by atoms with Crippen LogP contribution in [-0.2, 0) is 4.79 Å². The topological polar surface area (TPSA) is 69.6 Å². The summed E-state index contributed by atoms with van der Waals surface area (Å²) in [4.78, 5) is 10.8. The van der Waals surface area contributed by atoms with Crippen molar-refractivity contribution in [3.63, 3.8) is 0 Å². The molecule has 0 aliphatic heterocycles. The lowest BCUT2D eigenvalue weighted by atomic mass is 9.82. The largest absolute Gasteiger partial charge is 0.478 e. The minimum absolute atomic E-state index is 0.134. The molecular formula is C13H23NO3. The molecular weight excluding hydrogens is 218 g/mol. The van der Waals surface area contributed by atoms with Gasteiger partial charge in [-0.05, 0) is 19.3 Å². The minimum Gasteiger partial charge on any atom is -0.478 e. The Morgan fingerprint density at radius 2 is 2.00 bits per heavy atom. The van der Waals surface area contributed by atoms with Gasteiger partial charge in [-0.3, -0.25) is 0 Å². The van der Waals surface area contributed by atoms with Crippen molar-refractivity contribution in [2.75, 3.05) is 13.2 Å². The van der Waals surface area contributed by atoms with Crippen LogP contribution in [-0.4, -0.2) is 34.9 Å². The van der Waals surface area contributed by atoms with E-state index in [9.17, 15) is 9.90 Å². The molecule has 98 valence electrons. The Bertz CT molecular complexity index is 280. The van der Waals surface area contributed by atoms with Gasteiger partial charge in [-0.2, -0.15) is 0 Å². The number of rotatable bonds is 6. The average Bonchev–Trinajstić information content (AvgIpc) is 2.35. The first kappa shape index (κ1) is 14.2. The number of aliphatic carboxylic acids is 1. The summed E-state index contributed by atoms with van der Waals surface area (Å²) < 4.78 is 0. The maximum Gasteiger partial charge on any atom is 0.331 e. The lowest BCUT2D eigenvalue weighted by Crippen LogP contribution is -2.50. The number of carboxylic acids is 1. The summed E-state index contributed by atoms with van der Waals surface area (Å²) in [5, 5.41) is 21.7. The molecule has 1 aliphatic rings. The summed E-state index contributed by atoms with van der Waals surface area (Å²) in [6.07, 6.45) is 7.71. The minimum atomic E-state index is -0.851. The number of aliphatic hydroxyl groups is 1. The quantitative estimate of drug-likeness (QED) is 0.619. The summed E-state index contributed by atoms with van der Waals surface area (Å²) in [6, 6.07) is 0. The van der Waals surface area contributed by atoms with Crippen molar-refractivity contribution in [1.82, 2.24) is 5.32 Å². The van der Waals surface area contributed by atoms with Gasteiger partial charge in [0.2, 0.25) is 0 Å². The molecule has 0 aromatic heterocycles. The molecule has 1 fully saturated rings. The third-order valence-corrected chi connectivity index (χ3v) is 3.59. The highest BCUT2D eigenvalue weighted by molar-refractivity contribution is 5.86. The molecule has 0 saturated heterocycles. The molecule has 17 heavy (non-hydrogen) atoms. The molecule has 3 N–H and O–H groups in total. The summed E-state index contributed by atoms with van der Waals surface area (Å²) in [6.45, 7) is 2.49. The third kappa shape index (κ3) is 4.13. The van der Waals surface area contributed by atoms with E-state index in [1.807, 2.05) is 6.92 Å². The lowest BCUT2D eigenvalue weighted by molar-refractivity contribution is -0.132. The van der Waals surface area contributed by atoms with E-state index in [4.69, 9.17) is 5.11 Å². The fourth-order valence-corrected chi connectivity index (χ4v) is 2.39. The number of carbonyl (C=O) groups is 1. The van der Waals surface area contributed by atoms with Crippen LogP contribution in [0, 0.1) is 0 Å². The smallest absolute Gasteiger partial charge is 0.331 e. The SMILES string of the molecule is CCC(=CCNC1(CO)CCCCC1)C(=O)O. The van der Waals surface area contributed by atoms with Gasteiger partial charge in [0.25, 0.3) is 0 Å². The lowest BCUT2D eigenvalue weighted by Gasteiger charge is -2.36. The van der Waals surface area contributed by atoms with Gasteiger partial charge in [-0.1, -0.05) is 32.3 Å². The van der Waals surface area contributed by atoms with Gasteiger partial charge in [0.15, 0.2) is 0 Å². The van der Waals surface area contributed by atoms with Crippen molar-refractivity contribution in [3.8, 4) is 0 Å². The maximum atomic E-state index is 10.8. The van der Waals surface area contributed by atoms with E-state index in [2.05, 4.69) is 5.32 Å². The van der Waals surface area contributed by atoms with Gasteiger partial charge in [0.1, 0.15) is 0 Å². The number of hydrogen-bond donors (Lipinski definition) is 3. The molecule has 0 aromatic rings. The van der Waals surface area contributed by atoms with Gasteiger partial charge in [0.05, 0.1) is 6.61 Å². The van der Waals surface area contributed by atoms with E-state index in [0.29, 0.717) is 18.5 Å². The fourth-order valence-electron chi connectivity index (χ4n) is 2.39. The predicted octanol–water partition coefficient (Wildman–Crippen LogP) is 1.69. The summed E-state index contributed by atoms with van der Waals surface area (Å²) in [5.41, 5.74) is 0.243. The molecule has 1 saturated carbocycles. The zero-order valence-corrected chi connectivity index (χ0v) is 10.5. The van der Waals surface area contributed by atoms with Gasteiger partial charge < -0.3 is 15.5 Å². The van der Waals surface area contributed by atoms with Gasteiger partial charge >= 0.3 is 5.97 Å². The van der Waals surface area contributed by atoms with E-state index in [0.717, 1.165) is 25.7 Å². The van der Waals surface area contributed by atoms with Crippen LogP contribution in [0.1, 0.15) is 45.4 Å². The Labute approximate surface area is 103 Å². The van der Waals surface area contributed by atoms with Crippen LogP contribution < -0.4 is 5.32 Å².